The Morgan fingerprint density at radius 1 is 1.12 bits per heavy atom. The molecule has 2 N–H and O–H groups in total. The van der Waals surface area contributed by atoms with Gasteiger partial charge in [-0.05, 0) is 76.3 Å². The molecule has 0 bridgehead atoms. The van der Waals surface area contributed by atoms with Crippen molar-refractivity contribution in [2.24, 2.45) is 10.1 Å². The van der Waals surface area contributed by atoms with Gasteiger partial charge in [-0.2, -0.15) is 5.10 Å². The van der Waals surface area contributed by atoms with Crippen LogP contribution in [0.15, 0.2) is 57.6 Å². The van der Waals surface area contributed by atoms with E-state index in [4.69, 9.17) is 0 Å². The number of rotatable bonds is 9. The van der Waals surface area contributed by atoms with Gasteiger partial charge in [0.2, 0.25) is 0 Å². The van der Waals surface area contributed by atoms with Gasteiger partial charge in [0.25, 0.3) is 0 Å². The van der Waals surface area contributed by atoms with Gasteiger partial charge in [-0.3, -0.25) is 19.0 Å². The van der Waals surface area contributed by atoms with Crippen molar-refractivity contribution in [3.8, 4) is 0 Å². The Morgan fingerprint density at radius 2 is 1.86 bits per heavy atom. The molecule has 10 heteroatoms. The molecular weight excluding hydrogens is 546 g/mol. The van der Waals surface area contributed by atoms with Gasteiger partial charge in [0.1, 0.15) is 12.1 Å². The number of piperazine rings is 1. The number of aliphatic hydroxyl groups is 1. The van der Waals surface area contributed by atoms with Crippen molar-refractivity contribution in [2.45, 2.75) is 49.9 Å². The molecule has 0 saturated carbocycles. The van der Waals surface area contributed by atoms with Crippen LogP contribution in [0.2, 0.25) is 0 Å². The Hall–Kier alpha value is -3.05. The topological polar surface area (TPSA) is 87.0 Å². The Kier molecular flexibility index (Phi) is 9.77. The highest BCUT2D eigenvalue weighted by Gasteiger charge is 2.30. The number of piperidine rings is 1. The molecule has 5 rings (SSSR count). The zero-order valence-electron chi connectivity index (χ0n) is 25.5. The lowest BCUT2D eigenvalue weighted by molar-refractivity contribution is 0.0392. The number of hydrazone groups is 1. The largest absolute Gasteiger partial charge is 0.378 e. The molecule has 42 heavy (non-hydrogen) atoms. The third-order valence-corrected chi connectivity index (χ3v) is 9.45. The van der Waals surface area contributed by atoms with E-state index in [-0.39, 0.29) is 6.04 Å². The summed E-state index contributed by atoms with van der Waals surface area (Å²) in [6.45, 7) is 9.68. The monoisotopic (exact) mass is 591 g/mol. The number of aryl methyl sites for hydroxylation is 1. The summed E-state index contributed by atoms with van der Waals surface area (Å²) in [6, 6.07) is 12.5. The van der Waals surface area contributed by atoms with Crippen LogP contribution in [-0.4, -0.2) is 107 Å². The second-order valence-electron chi connectivity index (χ2n) is 11.7. The van der Waals surface area contributed by atoms with Crippen molar-refractivity contribution in [3.05, 3.63) is 64.9 Å². The predicted octanol–water partition coefficient (Wildman–Crippen LogP) is 3.91. The molecule has 3 aliphatic heterocycles. The first-order chi connectivity index (χ1) is 20.2. The Labute approximate surface area is 253 Å². The predicted molar refractivity (Wildman–Crippen MR) is 173 cm³/mol. The summed E-state index contributed by atoms with van der Waals surface area (Å²) < 4.78 is 12.4. The summed E-state index contributed by atoms with van der Waals surface area (Å²) in [6.07, 6.45) is 9.45. The van der Waals surface area contributed by atoms with Crippen LogP contribution in [0.5, 0.6) is 0 Å². The minimum absolute atomic E-state index is 0.0706. The Bertz CT molecular complexity index is 1370. The average Bonchev–Trinajstić information content (AvgIpc) is 2.99. The number of nitrogens with one attached hydrogen (secondary N) is 1. The summed E-state index contributed by atoms with van der Waals surface area (Å²) in [4.78, 5) is 12.3. The molecular formula is C32H45N7O2S. The summed E-state index contributed by atoms with van der Waals surface area (Å²) in [5, 5.41) is 21.3. The minimum Gasteiger partial charge on any atom is -0.378 e. The van der Waals surface area contributed by atoms with Crippen LogP contribution in [0, 0.1) is 6.92 Å². The minimum atomic E-state index is -1.10. The van der Waals surface area contributed by atoms with Crippen molar-refractivity contribution in [2.75, 3.05) is 64.9 Å². The highest BCUT2D eigenvalue weighted by atomic mass is 32.2. The first kappa shape index (κ1) is 30.4. The van der Waals surface area contributed by atoms with E-state index in [9.17, 15) is 9.32 Å². The maximum atomic E-state index is 12.4. The van der Waals surface area contributed by atoms with Crippen molar-refractivity contribution in [1.82, 2.24) is 19.7 Å². The van der Waals surface area contributed by atoms with Crippen molar-refractivity contribution >= 4 is 34.6 Å². The van der Waals surface area contributed by atoms with Gasteiger partial charge in [0, 0.05) is 49.8 Å². The molecule has 0 aliphatic carbocycles. The Morgan fingerprint density at radius 3 is 2.60 bits per heavy atom. The van der Waals surface area contributed by atoms with Gasteiger partial charge >= 0.3 is 0 Å². The second kappa shape index (κ2) is 13.5. The van der Waals surface area contributed by atoms with Crippen LogP contribution in [0.1, 0.15) is 54.3 Å². The number of fused-ring (bicyclic) bond motifs is 1. The SMILES string of the molecule is Cc1cc(C(O)N(C)C)c(/C=C/N2CCC(N3CCN4N=CCN=C4C3)CC2)c([C@@H](C)Nc2ccccc2S(C)=O)c1. The number of aliphatic hydroxyl groups excluding tert-OH is 1. The summed E-state index contributed by atoms with van der Waals surface area (Å²) in [5.74, 6) is 1.10. The number of amidine groups is 1. The molecule has 3 atom stereocenters. The zero-order chi connectivity index (χ0) is 29.8. The molecule has 0 amide bonds. The molecule has 3 heterocycles. The number of hydrogen-bond acceptors (Lipinski definition) is 9. The number of hydrogen-bond donors (Lipinski definition) is 2. The molecule has 3 aliphatic rings. The lowest BCUT2D eigenvalue weighted by atomic mass is 9.92. The number of nitrogens with zero attached hydrogens (tertiary/aromatic N) is 6. The molecule has 2 fully saturated rings. The number of anilines is 1. The van der Waals surface area contributed by atoms with E-state index in [0.717, 1.165) is 84.2 Å². The normalized spacial score (nSPS) is 20.5. The van der Waals surface area contributed by atoms with Crippen LogP contribution in [0.25, 0.3) is 6.08 Å². The number of likely N-dealkylation sites (tertiary alicyclic amines) is 1. The first-order valence-corrected chi connectivity index (χ1v) is 16.4. The van der Waals surface area contributed by atoms with Crippen molar-refractivity contribution in [1.29, 1.82) is 0 Å². The lowest BCUT2D eigenvalue weighted by Gasteiger charge is -2.42. The number of para-hydroxylation sites is 1. The van der Waals surface area contributed by atoms with Gasteiger partial charge < -0.3 is 15.3 Å². The molecule has 9 nitrogen and oxygen atoms in total. The van der Waals surface area contributed by atoms with Gasteiger partial charge in [0.05, 0.1) is 41.0 Å². The lowest BCUT2D eigenvalue weighted by Crippen LogP contribution is -2.54. The van der Waals surface area contributed by atoms with E-state index in [1.54, 1.807) is 6.26 Å². The fourth-order valence-electron chi connectivity index (χ4n) is 6.17. The molecule has 226 valence electrons. The highest BCUT2D eigenvalue weighted by molar-refractivity contribution is 7.84. The van der Waals surface area contributed by atoms with Gasteiger partial charge in [0.15, 0.2) is 0 Å². The third-order valence-electron chi connectivity index (χ3n) is 8.48. The van der Waals surface area contributed by atoms with Crippen LogP contribution in [-0.2, 0) is 10.8 Å². The molecule has 2 unspecified atom stereocenters. The molecule has 0 spiro atoms. The third kappa shape index (κ3) is 6.94. The fourth-order valence-corrected chi connectivity index (χ4v) is 6.87. The standard InChI is InChI=1S/C32H45N7O2S/c1-23-20-27(24(2)35-29-8-6-7-9-30(29)42(5)41)26(28(21-23)32(40)36(3)4)12-17-37-15-10-25(11-16-37)38-18-19-39-31(22-38)33-13-14-34-39/h6-9,12,14,17,20-21,24-25,32,35,40H,10-11,13,15-16,18-19,22H2,1-5H3/b17-12+/t24-,32?,42?/m1/s1. The van der Waals surface area contributed by atoms with Gasteiger partial charge in [-0.1, -0.05) is 29.8 Å². The highest BCUT2D eigenvalue weighted by Crippen LogP contribution is 2.33. The Balaban J connectivity index is 1.34. The molecule has 2 saturated heterocycles. The summed E-state index contributed by atoms with van der Waals surface area (Å²) in [7, 11) is 2.68. The van der Waals surface area contributed by atoms with Gasteiger partial charge in [-0.25, -0.2) is 5.01 Å². The molecule has 0 radical (unpaired) electrons. The maximum absolute atomic E-state index is 12.4. The van der Waals surface area contributed by atoms with Crippen molar-refractivity contribution in [3.63, 3.8) is 0 Å². The van der Waals surface area contributed by atoms with E-state index in [1.807, 2.05) is 54.5 Å². The average molecular weight is 592 g/mol. The zero-order valence-corrected chi connectivity index (χ0v) is 26.3. The first-order valence-electron chi connectivity index (χ1n) is 14.9. The quantitative estimate of drug-likeness (QED) is 0.428. The van der Waals surface area contributed by atoms with Gasteiger partial charge in [-0.15, -0.1) is 0 Å². The van der Waals surface area contributed by atoms with Crippen LogP contribution in [0.4, 0.5) is 5.69 Å². The molecule has 2 aromatic rings. The number of aliphatic imine (C=N–C) groups is 1. The van der Waals surface area contributed by atoms with Crippen LogP contribution < -0.4 is 5.32 Å². The summed E-state index contributed by atoms with van der Waals surface area (Å²) in [5.41, 5.74) is 4.96. The van der Waals surface area contributed by atoms with Crippen LogP contribution >= 0.6 is 0 Å². The van der Waals surface area contributed by atoms with E-state index in [2.05, 4.69) is 63.5 Å². The molecule has 0 aromatic heterocycles. The van der Waals surface area contributed by atoms with E-state index >= 15 is 0 Å². The molecule has 2 aromatic carbocycles. The number of benzene rings is 2. The maximum Gasteiger partial charge on any atom is 0.134 e. The fraction of sp³-hybridized carbons (Fsp3) is 0.500. The van der Waals surface area contributed by atoms with E-state index in [0.29, 0.717) is 12.6 Å². The van der Waals surface area contributed by atoms with Crippen LogP contribution in [0.3, 0.4) is 0 Å². The van der Waals surface area contributed by atoms with Crippen molar-refractivity contribution < 1.29 is 9.32 Å². The van der Waals surface area contributed by atoms with E-state index in [1.165, 1.54) is 0 Å². The smallest absolute Gasteiger partial charge is 0.134 e. The van der Waals surface area contributed by atoms with E-state index < -0.39 is 17.0 Å². The second-order valence-corrected chi connectivity index (χ2v) is 13.1. The summed E-state index contributed by atoms with van der Waals surface area (Å²) >= 11 is 0.